The number of aryl methyl sites for hydroxylation is 1. The lowest BCUT2D eigenvalue weighted by Gasteiger charge is -2.20. The maximum absolute atomic E-state index is 11.9. The smallest absolute Gasteiger partial charge is 0.229 e. The Kier molecular flexibility index (Phi) is 3.11. The zero-order valence-electron chi connectivity index (χ0n) is 11.0. The van der Waals surface area contributed by atoms with Crippen LogP contribution in [0, 0.1) is 5.41 Å². The molecule has 1 heterocycles. The maximum Gasteiger partial charge on any atom is 0.229 e. The molecule has 2 N–H and O–H groups in total. The van der Waals surface area contributed by atoms with Crippen molar-refractivity contribution in [2.45, 2.75) is 33.6 Å². The summed E-state index contributed by atoms with van der Waals surface area (Å²) in [5.41, 5.74) is 2.29. The summed E-state index contributed by atoms with van der Waals surface area (Å²) in [6, 6.07) is 5.58. The van der Waals surface area contributed by atoms with E-state index >= 15 is 0 Å². The maximum atomic E-state index is 11.9. The summed E-state index contributed by atoms with van der Waals surface area (Å²) in [6.45, 7) is 5.63. The Hall–Kier alpha value is -1.84. The fourth-order valence-electron chi connectivity index (χ4n) is 1.78. The Bertz CT molecular complexity index is 501. The Morgan fingerprint density at radius 3 is 2.67 bits per heavy atom. The summed E-state index contributed by atoms with van der Waals surface area (Å²) < 4.78 is 0. The van der Waals surface area contributed by atoms with E-state index in [0.717, 1.165) is 23.4 Å². The molecule has 1 aromatic rings. The van der Waals surface area contributed by atoms with Crippen molar-refractivity contribution < 1.29 is 9.59 Å². The van der Waals surface area contributed by atoms with E-state index in [2.05, 4.69) is 10.6 Å². The van der Waals surface area contributed by atoms with Gasteiger partial charge in [-0.15, -0.1) is 0 Å². The molecule has 0 fully saturated rings. The van der Waals surface area contributed by atoms with Crippen LogP contribution >= 0.6 is 0 Å². The third kappa shape index (κ3) is 2.70. The van der Waals surface area contributed by atoms with Gasteiger partial charge in [-0.25, -0.2) is 0 Å². The number of hydrogen-bond acceptors (Lipinski definition) is 2. The van der Waals surface area contributed by atoms with E-state index < -0.39 is 5.41 Å². The van der Waals surface area contributed by atoms with Gasteiger partial charge in [0.1, 0.15) is 0 Å². The van der Waals surface area contributed by atoms with Crippen molar-refractivity contribution >= 4 is 23.2 Å². The first kappa shape index (κ1) is 12.6. The fraction of sp³-hybridized carbons (Fsp3) is 0.429. The van der Waals surface area contributed by atoms with Crippen molar-refractivity contribution in [3.05, 3.63) is 23.8 Å². The van der Waals surface area contributed by atoms with E-state index in [1.165, 1.54) is 0 Å². The first-order chi connectivity index (χ1) is 8.36. The molecule has 2 rings (SSSR count). The largest absolute Gasteiger partial charge is 0.326 e. The Morgan fingerprint density at radius 2 is 2.00 bits per heavy atom. The van der Waals surface area contributed by atoms with Crippen molar-refractivity contribution in [3.8, 4) is 0 Å². The van der Waals surface area contributed by atoms with Crippen LogP contribution in [0.3, 0.4) is 0 Å². The van der Waals surface area contributed by atoms with Gasteiger partial charge in [0.15, 0.2) is 0 Å². The number of benzene rings is 1. The topological polar surface area (TPSA) is 58.2 Å². The van der Waals surface area contributed by atoms with Crippen LogP contribution in [0.1, 0.15) is 32.8 Å². The lowest BCUT2D eigenvalue weighted by molar-refractivity contribution is -0.123. The van der Waals surface area contributed by atoms with Crippen molar-refractivity contribution in [2.75, 3.05) is 10.6 Å². The zero-order valence-corrected chi connectivity index (χ0v) is 11.0. The molecule has 0 aromatic heterocycles. The predicted molar refractivity (Wildman–Crippen MR) is 71.5 cm³/mol. The first-order valence-electron chi connectivity index (χ1n) is 6.10. The first-order valence-corrected chi connectivity index (χ1v) is 6.10. The standard InChI is InChI=1S/C14H18N2O2/c1-14(2,3)13(18)15-10-5-6-11-9(8-10)4-7-12(17)16-11/h5-6,8H,4,7H2,1-3H3,(H,15,18)(H,16,17). The highest BCUT2D eigenvalue weighted by molar-refractivity contribution is 5.97. The van der Waals surface area contributed by atoms with Crippen molar-refractivity contribution in [1.29, 1.82) is 0 Å². The molecule has 0 atom stereocenters. The number of rotatable bonds is 1. The van der Waals surface area contributed by atoms with Gasteiger partial charge in [-0.2, -0.15) is 0 Å². The molecule has 0 aliphatic carbocycles. The Balaban J connectivity index is 2.17. The van der Waals surface area contributed by atoms with Gasteiger partial charge in [0.25, 0.3) is 0 Å². The summed E-state index contributed by atoms with van der Waals surface area (Å²) in [5, 5.41) is 5.71. The van der Waals surface area contributed by atoms with E-state index in [1.807, 2.05) is 39.0 Å². The predicted octanol–water partition coefficient (Wildman–Crippen LogP) is 2.56. The van der Waals surface area contributed by atoms with Crippen LogP contribution in [-0.4, -0.2) is 11.8 Å². The molecule has 0 bridgehead atoms. The summed E-state index contributed by atoms with van der Waals surface area (Å²) in [7, 11) is 0. The second-order valence-electron chi connectivity index (χ2n) is 5.62. The van der Waals surface area contributed by atoms with Gasteiger partial charge < -0.3 is 10.6 Å². The van der Waals surface area contributed by atoms with Gasteiger partial charge in [0.2, 0.25) is 11.8 Å². The van der Waals surface area contributed by atoms with Crippen LogP contribution in [0.5, 0.6) is 0 Å². The molecule has 18 heavy (non-hydrogen) atoms. The minimum Gasteiger partial charge on any atom is -0.326 e. The van der Waals surface area contributed by atoms with Crippen molar-refractivity contribution in [1.82, 2.24) is 0 Å². The summed E-state index contributed by atoms with van der Waals surface area (Å²) in [6.07, 6.45) is 1.23. The molecule has 0 unspecified atom stereocenters. The molecular formula is C14H18N2O2. The van der Waals surface area contributed by atoms with Gasteiger partial charge in [-0.3, -0.25) is 9.59 Å². The molecule has 0 spiro atoms. The zero-order chi connectivity index (χ0) is 13.3. The molecular weight excluding hydrogens is 228 g/mol. The van der Waals surface area contributed by atoms with E-state index in [9.17, 15) is 9.59 Å². The van der Waals surface area contributed by atoms with Gasteiger partial charge in [-0.1, -0.05) is 20.8 Å². The number of fused-ring (bicyclic) bond motifs is 1. The third-order valence-electron chi connectivity index (χ3n) is 2.94. The van der Waals surface area contributed by atoms with E-state index in [4.69, 9.17) is 0 Å². The van der Waals surface area contributed by atoms with Crippen LogP contribution in [0.2, 0.25) is 0 Å². The molecule has 4 nitrogen and oxygen atoms in total. The SMILES string of the molecule is CC(C)(C)C(=O)Nc1ccc2c(c1)CCC(=O)N2. The number of anilines is 2. The minimum absolute atomic E-state index is 0.0118. The van der Waals surface area contributed by atoms with Gasteiger partial charge in [0.05, 0.1) is 0 Å². The Labute approximate surface area is 107 Å². The average Bonchev–Trinajstić information content (AvgIpc) is 2.28. The van der Waals surface area contributed by atoms with Crippen LogP contribution in [0.4, 0.5) is 11.4 Å². The van der Waals surface area contributed by atoms with E-state index in [-0.39, 0.29) is 11.8 Å². The molecule has 96 valence electrons. The van der Waals surface area contributed by atoms with E-state index in [1.54, 1.807) is 0 Å². The molecule has 1 aromatic carbocycles. The van der Waals surface area contributed by atoms with E-state index in [0.29, 0.717) is 6.42 Å². The molecule has 2 amide bonds. The summed E-state index contributed by atoms with van der Waals surface area (Å²) in [5.74, 6) is 0.0382. The minimum atomic E-state index is -0.413. The number of carbonyl (C=O) groups excluding carboxylic acids is 2. The molecule has 0 saturated heterocycles. The van der Waals surface area contributed by atoms with Crippen LogP contribution in [0.15, 0.2) is 18.2 Å². The number of carbonyl (C=O) groups is 2. The summed E-state index contributed by atoms with van der Waals surface area (Å²) >= 11 is 0. The molecule has 1 aliphatic heterocycles. The quantitative estimate of drug-likeness (QED) is 0.800. The van der Waals surface area contributed by atoms with Crippen molar-refractivity contribution in [2.24, 2.45) is 5.41 Å². The van der Waals surface area contributed by atoms with Crippen molar-refractivity contribution in [3.63, 3.8) is 0 Å². The number of hydrogen-bond donors (Lipinski definition) is 2. The highest BCUT2D eigenvalue weighted by Gasteiger charge is 2.22. The van der Waals surface area contributed by atoms with Crippen LogP contribution < -0.4 is 10.6 Å². The lowest BCUT2D eigenvalue weighted by atomic mass is 9.95. The monoisotopic (exact) mass is 246 g/mol. The van der Waals surface area contributed by atoms with Gasteiger partial charge in [0, 0.05) is 23.2 Å². The highest BCUT2D eigenvalue weighted by Crippen LogP contribution is 2.26. The summed E-state index contributed by atoms with van der Waals surface area (Å²) in [4.78, 5) is 23.1. The highest BCUT2D eigenvalue weighted by atomic mass is 16.2. The number of nitrogens with one attached hydrogen (secondary N) is 2. The molecule has 0 saturated carbocycles. The molecule has 0 radical (unpaired) electrons. The van der Waals surface area contributed by atoms with Crippen LogP contribution in [-0.2, 0) is 16.0 Å². The Morgan fingerprint density at radius 1 is 1.28 bits per heavy atom. The average molecular weight is 246 g/mol. The molecule has 1 aliphatic rings. The normalized spacial score (nSPS) is 14.7. The van der Waals surface area contributed by atoms with Crippen LogP contribution in [0.25, 0.3) is 0 Å². The second-order valence-corrected chi connectivity index (χ2v) is 5.62. The second kappa shape index (κ2) is 4.44. The number of amides is 2. The molecule has 4 heteroatoms. The lowest BCUT2D eigenvalue weighted by Crippen LogP contribution is -2.27. The van der Waals surface area contributed by atoms with Gasteiger partial charge in [-0.05, 0) is 30.2 Å². The van der Waals surface area contributed by atoms with Gasteiger partial charge >= 0.3 is 0 Å². The fourth-order valence-corrected chi connectivity index (χ4v) is 1.78. The third-order valence-corrected chi connectivity index (χ3v) is 2.94.